The molecule has 0 saturated carbocycles. The van der Waals surface area contributed by atoms with E-state index in [1.165, 1.54) is 11.3 Å². The first kappa shape index (κ1) is 22.5. The fourth-order valence-corrected chi connectivity index (χ4v) is 3.18. The number of ether oxygens (including phenoxy) is 5. The summed E-state index contributed by atoms with van der Waals surface area (Å²) in [6.07, 6.45) is 2.22. The summed E-state index contributed by atoms with van der Waals surface area (Å²) in [4.78, 5) is 1.40. The minimum Gasteiger partial charge on any atom is -0.384 e. The third-order valence-corrected chi connectivity index (χ3v) is 4.89. The summed E-state index contributed by atoms with van der Waals surface area (Å²) in [6, 6.07) is 4.19. The van der Waals surface area contributed by atoms with Crippen molar-refractivity contribution < 1.29 is 23.7 Å². The third kappa shape index (κ3) is 10.3. The van der Waals surface area contributed by atoms with Crippen LogP contribution in [-0.2, 0) is 30.1 Å². The number of hydrogen-bond donors (Lipinski definition) is 0. The Hall–Kier alpha value is -0.500. The van der Waals surface area contributed by atoms with E-state index in [0.29, 0.717) is 11.3 Å². The summed E-state index contributed by atoms with van der Waals surface area (Å²) in [7, 11) is 5.19. The zero-order valence-electron chi connectivity index (χ0n) is 16.1. The Kier molecular flexibility index (Phi) is 12.3. The maximum Gasteiger partial charge on any atom is 0.0564 e. The minimum absolute atomic E-state index is 0.328. The molecule has 6 heteroatoms. The quantitative estimate of drug-likeness (QED) is 0.733. The van der Waals surface area contributed by atoms with Gasteiger partial charge < -0.3 is 23.7 Å². The molecule has 0 bridgehead atoms. The standard InChI is InChI=1S/C7H10OS.2C6H12O2/c1-8-5-4-7-3-2-6-9-7;1-6(3-7-2)4-8-5-6;1-7-4-6-2-3-8-5-6/h2-3,6H,4-5H2,1H3;3-5H2,1-2H3;6H,2-5H2,1H3. The van der Waals surface area contributed by atoms with Gasteiger partial charge in [0.05, 0.1) is 39.6 Å². The van der Waals surface area contributed by atoms with Crippen molar-refractivity contribution in [3.05, 3.63) is 22.4 Å². The van der Waals surface area contributed by atoms with Gasteiger partial charge in [-0.1, -0.05) is 13.0 Å². The topological polar surface area (TPSA) is 46.2 Å². The lowest BCUT2D eigenvalue weighted by atomic mass is 9.90. The lowest BCUT2D eigenvalue weighted by molar-refractivity contribution is -0.131. The highest BCUT2D eigenvalue weighted by molar-refractivity contribution is 7.09. The lowest BCUT2D eigenvalue weighted by Gasteiger charge is -2.37. The molecule has 0 amide bonds. The fraction of sp³-hybridized carbons (Fsp3) is 0.789. The van der Waals surface area contributed by atoms with Crippen LogP contribution in [0.3, 0.4) is 0 Å². The number of rotatable bonds is 7. The predicted molar refractivity (Wildman–Crippen MR) is 102 cm³/mol. The van der Waals surface area contributed by atoms with E-state index in [2.05, 4.69) is 24.4 Å². The van der Waals surface area contributed by atoms with Gasteiger partial charge in [-0.3, -0.25) is 0 Å². The number of methoxy groups -OCH3 is 3. The van der Waals surface area contributed by atoms with Crippen molar-refractivity contribution in [2.24, 2.45) is 11.3 Å². The van der Waals surface area contributed by atoms with Crippen LogP contribution in [0.4, 0.5) is 0 Å². The molecular weight excluding hydrogens is 340 g/mol. The van der Waals surface area contributed by atoms with Crippen LogP contribution in [0.2, 0.25) is 0 Å². The van der Waals surface area contributed by atoms with Gasteiger partial charge in [-0.25, -0.2) is 0 Å². The highest BCUT2D eigenvalue weighted by Gasteiger charge is 2.32. The molecule has 1 aromatic rings. The molecule has 2 aliphatic rings. The second kappa shape index (κ2) is 13.7. The van der Waals surface area contributed by atoms with Gasteiger partial charge in [-0.05, 0) is 17.9 Å². The Labute approximate surface area is 156 Å². The zero-order valence-corrected chi connectivity index (χ0v) is 16.9. The van der Waals surface area contributed by atoms with Crippen LogP contribution in [0.25, 0.3) is 0 Å². The molecule has 0 spiro atoms. The van der Waals surface area contributed by atoms with Gasteiger partial charge in [0, 0.05) is 50.6 Å². The summed E-state index contributed by atoms with van der Waals surface area (Å²) in [5.41, 5.74) is 0.328. The summed E-state index contributed by atoms with van der Waals surface area (Å²) < 4.78 is 25.0. The van der Waals surface area contributed by atoms with Crippen LogP contribution in [0.1, 0.15) is 18.2 Å². The van der Waals surface area contributed by atoms with E-state index in [9.17, 15) is 0 Å². The third-order valence-electron chi connectivity index (χ3n) is 3.95. The van der Waals surface area contributed by atoms with Crippen LogP contribution >= 0.6 is 11.3 Å². The van der Waals surface area contributed by atoms with E-state index in [-0.39, 0.29) is 0 Å². The maximum absolute atomic E-state index is 5.13. The molecule has 25 heavy (non-hydrogen) atoms. The van der Waals surface area contributed by atoms with E-state index in [4.69, 9.17) is 23.7 Å². The molecule has 146 valence electrons. The van der Waals surface area contributed by atoms with Crippen molar-refractivity contribution in [3.63, 3.8) is 0 Å². The summed E-state index contributed by atoms with van der Waals surface area (Å²) in [5.74, 6) is 0.667. The van der Waals surface area contributed by atoms with Crippen molar-refractivity contribution in [3.8, 4) is 0 Å². The first-order valence-electron chi connectivity index (χ1n) is 8.78. The second-order valence-electron chi connectivity index (χ2n) is 6.74. The molecule has 1 unspecified atom stereocenters. The van der Waals surface area contributed by atoms with Crippen LogP contribution in [0, 0.1) is 11.3 Å². The van der Waals surface area contributed by atoms with Gasteiger partial charge in [0.15, 0.2) is 0 Å². The van der Waals surface area contributed by atoms with Crippen molar-refractivity contribution in [1.82, 2.24) is 0 Å². The molecule has 2 aliphatic heterocycles. The molecule has 0 aliphatic carbocycles. The van der Waals surface area contributed by atoms with E-state index < -0.39 is 0 Å². The molecule has 0 aromatic carbocycles. The average molecular weight is 375 g/mol. The highest BCUT2D eigenvalue weighted by atomic mass is 32.1. The minimum atomic E-state index is 0.328. The van der Waals surface area contributed by atoms with Gasteiger partial charge >= 0.3 is 0 Å². The zero-order chi connectivity index (χ0) is 18.4. The smallest absolute Gasteiger partial charge is 0.0564 e. The molecule has 2 saturated heterocycles. The summed E-state index contributed by atoms with van der Waals surface area (Å²) >= 11 is 1.78. The lowest BCUT2D eigenvalue weighted by Crippen LogP contribution is -2.43. The van der Waals surface area contributed by atoms with Crippen LogP contribution in [0.15, 0.2) is 17.5 Å². The molecule has 1 atom stereocenters. The molecule has 3 rings (SSSR count). The van der Waals surface area contributed by atoms with Gasteiger partial charge in [0.1, 0.15) is 0 Å². The van der Waals surface area contributed by atoms with Crippen molar-refractivity contribution in [2.45, 2.75) is 19.8 Å². The fourth-order valence-electron chi connectivity index (χ4n) is 2.49. The molecule has 2 fully saturated rings. The van der Waals surface area contributed by atoms with Crippen LogP contribution in [0.5, 0.6) is 0 Å². The van der Waals surface area contributed by atoms with E-state index in [1.54, 1.807) is 32.7 Å². The Morgan fingerprint density at radius 2 is 1.96 bits per heavy atom. The number of hydrogen-bond acceptors (Lipinski definition) is 6. The number of thiophene rings is 1. The molecule has 5 nitrogen and oxygen atoms in total. The van der Waals surface area contributed by atoms with E-state index in [0.717, 1.165) is 52.7 Å². The normalized spacial score (nSPS) is 20.7. The van der Waals surface area contributed by atoms with Gasteiger partial charge in [0.2, 0.25) is 0 Å². The second-order valence-corrected chi connectivity index (χ2v) is 7.78. The Bertz CT molecular complexity index is 400. The van der Waals surface area contributed by atoms with Crippen molar-refractivity contribution in [1.29, 1.82) is 0 Å². The Balaban J connectivity index is 0.000000188. The molecule has 0 radical (unpaired) electrons. The first-order valence-corrected chi connectivity index (χ1v) is 9.66. The SMILES string of the molecule is COCC1(C)COC1.COCC1CCOC1.COCCc1cccs1. The van der Waals surface area contributed by atoms with Crippen molar-refractivity contribution >= 4 is 11.3 Å². The molecular formula is C19H34O5S. The largest absolute Gasteiger partial charge is 0.384 e. The van der Waals surface area contributed by atoms with Gasteiger partial charge in [-0.15, -0.1) is 11.3 Å². The molecule has 1 aromatic heterocycles. The van der Waals surface area contributed by atoms with Crippen LogP contribution in [-0.4, -0.2) is 67.6 Å². The Morgan fingerprint density at radius 1 is 1.16 bits per heavy atom. The van der Waals surface area contributed by atoms with Gasteiger partial charge in [-0.2, -0.15) is 0 Å². The maximum atomic E-state index is 5.13. The van der Waals surface area contributed by atoms with Crippen LogP contribution < -0.4 is 0 Å². The molecule has 0 N–H and O–H groups in total. The average Bonchev–Trinajstić information content (AvgIpc) is 3.27. The summed E-state index contributed by atoms with van der Waals surface area (Å²) in [5, 5.41) is 2.09. The monoisotopic (exact) mass is 374 g/mol. The van der Waals surface area contributed by atoms with Crippen molar-refractivity contribution in [2.75, 3.05) is 67.6 Å². The Morgan fingerprint density at radius 3 is 2.36 bits per heavy atom. The van der Waals surface area contributed by atoms with E-state index >= 15 is 0 Å². The van der Waals surface area contributed by atoms with Gasteiger partial charge in [0.25, 0.3) is 0 Å². The molecule has 3 heterocycles. The van der Waals surface area contributed by atoms with E-state index in [1.807, 2.05) is 0 Å². The summed E-state index contributed by atoms with van der Waals surface area (Å²) in [6.45, 7) is 8.23. The first-order chi connectivity index (χ1) is 12.1. The highest BCUT2D eigenvalue weighted by Crippen LogP contribution is 2.25. The predicted octanol–water partition coefficient (Wildman–Crippen LogP) is 3.28.